The van der Waals surface area contributed by atoms with E-state index in [-0.39, 0.29) is 18.4 Å². The second-order valence-electron chi connectivity index (χ2n) is 5.11. The van der Waals surface area contributed by atoms with Crippen LogP contribution in [0.15, 0.2) is 29.2 Å². The number of benzene rings is 1. The molecule has 1 saturated heterocycles. The summed E-state index contributed by atoms with van der Waals surface area (Å²) in [4.78, 5) is 0.430. The number of rotatable bonds is 4. The van der Waals surface area contributed by atoms with Gasteiger partial charge >= 0.3 is 0 Å². The highest BCUT2D eigenvalue weighted by Gasteiger charge is 2.33. The zero-order valence-electron chi connectivity index (χ0n) is 11.8. The minimum atomic E-state index is -3.39. The third-order valence-corrected chi connectivity index (χ3v) is 5.87. The summed E-state index contributed by atoms with van der Waals surface area (Å²) in [6, 6.07) is 7.24. The number of hydrogen-bond acceptors (Lipinski definition) is 3. The minimum Gasteiger partial charge on any atom is -0.330 e. The van der Waals surface area contributed by atoms with Crippen LogP contribution in [0, 0.1) is 6.92 Å². The Morgan fingerprint density at radius 1 is 1.30 bits per heavy atom. The Kier molecular flexibility index (Phi) is 6.45. The molecule has 0 saturated carbocycles. The molecule has 1 aromatic rings. The van der Waals surface area contributed by atoms with Crippen molar-refractivity contribution in [3.63, 3.8) is 0 Å². The summed E-state index contributed by atoms with van der Waals surface area (Å²) in [6.45, 7) is 2.99. The molecule has 1 aliphatic rings. The normalized spacial score (nSPS) is 20.4. The molecule has 114 valence electrons. The standard InChI is InChI=1S/C14H22N2O2S.ClH/c1-12-6-2-3-8-14(12)19(17,18)16-11-5-4-7-13(16)9-10-15;/h2-3,6,8,13H,4-5,7,9-11,15H2,1H3;1H. The second-order valence-corrected chi connectivity index (χ2v) is 6.97. The van der Waals surface area contributed by atoms with Gasteiger partial charge in [-0.2, -0.15) is 4.31 Å². The minimum absolute atomic E-state index is 0. The van der Waals surface area contributed by atoms with E-state index in [0.717, 1.165) is 31.2 Å². The predicted molar refractivity (Wildman–Crippen MR) is 83.6 cm³/mol. The molecule has 2 N–H and O–H groups in total. The van der Waals surface area contributed by atoms with E-state index in [4.69, 9.17) is 5.73 Å². The Morgan fingerprint density at radius 3 is 2.65 bits per heavy atom. The van der Waals surface area contributed by atoms with Crippen LogP contribution in [0.1, 0.15) is 31.2 Å². The van der Waals surface area contributed by atoms with Gasteiger partial charge in [0.2, 0.25) is 10.0 Å². The Labute approximate surface area is 127 Å². The molecule has 20 heavy (non-hydrogen) atoms. The zero-order valence-corrected chi connectivity index (χ0v) is 13.4. The number of nitrogens with zero attached hydrogens (tertiary/aromatic N) is 1. The molecular weight excluding hydrogens is 296 g/mol. The van der Waals surface area contributed by atoms with Crippen molar-refractivity contribution in [3.05, 3.63) is 29.8 Å². The van der Waals surface area contributed by atoms with Gasteiger partial charge in [0.05, 0.1) is 4.90 Å². The van der Waals surface area contributed by atoms with E-state index < -0.39 is 10.0 Å². The number of nitrogens with two attached hydrogens (primary N) is 1. The van der Waals surface area contributed by atoms with E-state index in [1.807, 2.05) is 19.1 Å². The Balaban J connectivity index is 0.00000200. The molecule has 1 heterocycles. The summed E-state index contributed by atoms with van der Waals surface area (Å²) < 4.78 is 27.2. The first-order valence-electron chi connectivity index (χ1n) is 6.85. The quantitative estimate of drug-likeness (QED) is 0.926. The van der Waals surface area contributed by atoms with E-state index in [2.05, 4.69) is 0 Å². The maximum absolute atomic E-state index is 12.8. The third-order valence-electron chi connectivity index (χ3n) is 3.75. The molecule has 6 heteroatoms. The molecule has 1 unspecified atom stereocenters. The van der Waals surface area contributed by atoms with Crippen molar-refractivity contribution in [1.82, 2.24) is 4.31 Å². The average molecular weight is 319 g/mol. The molecule has 1 aliphatic heterocycles. The molecule has 0 amide bonds. The monoisotopic (exact) mass is 318 g/mol. The number of aryl methyl sites for hydroxylation is 1. The van der Waals surface area contributed by atoms with Gasteiger partial charge in [-0.15, -0.1) is 12.4 Å². The Bertz CT molecular complexity index is 532. The van der Waals surface area contributed by atoms with Gasteiger partial charge in [-0.3, -0.25) is 0 Å². The van der Waals surface area contributed by atoms with Crippen LogP contribution in [0.3, 0.4) is 0 Å². The van der Waals surface area contributed by atoms with Gasteiger partial charge in [-0.05, 0) is 44.4 Å². The maximum Gasteiger partial charge on any atom is 0.243 e. The van der Waals surface area contributed by atoms with Gasteiger partial charge < -0.3 is 5.73 Å². The van der Waals surface area contributed by atoms with Crippen LogP contribution >= 0.6 is 12.4 Å². The molecule has 0 bridgehead atoms. The summed E-state index contributed by atoms with van der Waals surface area (Å²) in [6.07, 6.45) is 3.68. The van der Waals surface area contributed by atoms with E-state index in [0.29, 0.717) is 18.0 Å². The fourth-order valence-corrected chi connectivity index (χ4v) is 4.69. The van der Waals surface area contributed by atoms with Gasteiger partial charge in [-0.25, -0.2) is 8.42 Å². The van der Waals surface area contributed by atoms with Crippen molar-refractivity contribution in [2.75, 3.05) is 13.1 Å². The van der Waals surface area contributed by atoms with Crippen LogP contribution < -0.4 is 5.73 Å². The van der Waals surface area contributed by atoms with Crippen molar-refractivity contribution < 1.29 is 8.42 Å². The second kappa shape index (κ2) is 7.41. The van der Waals surface area contributed by atoms with Crippen molar-refractivity contribution in [3.8, 4) is 0 Å². The summed E-state index contributed by atoms with van der Waals surface area (Å²) in [7, 11) is -3.39. The summed E-state index contributed by atoms with van der Waals surface area (Å²) in [5.41, 5.74) is 6.42. The third kappa shape index (κ3) is 3.52. The summed E-state index contributed by atoms with van der Waals surface area (Å²) in [5, 5.41) is 0. The number of hydrogen-bond donors (Lipinski definition) is 1. The molecule has 0 radical (unpaired) electrons. The molecule has 0 aliphatic carbocycles. The van der Waals surface area contributed by atoms with Crippen LogP contribution in [-0.4, -0.2) is 31.9 Å². The summed E-state index contributed by atoms with van der Waals surface area (Å²) in [5.74, 6) is 0. The highest BCUT2D eigenvalue weighted by molar-refractivity contribution is 7.89. The summed E-state index contributed by atoms with van der Waals surface area (Å²) >= 11 is 0. The van der Waals surface area contributed by atoms with Crippen LogP contribution in [-0.2, 0) is 10.0 Å². The van der Waals surface area contributed by atoms with Gasteiger partial charge in [-0.1, -0.05) is 24.6 Å². The lowest BCUT2D eigenvalue weighted by Crippen LogP contribution is -2.44. The van der Waals surface area contributed by atoms with Crippen LogP contribution in [0.5, 0.6) is 0 Å². The first-order valence-corrected chi connectivity index (χ1v) is 8.29. The van der Waals surface area contributed by atoms with Crippen molar-refractivity contribution >= 4 is 22.4 Å². The fraction of sp³-hybridized carbons (Fsp3) is 0.571. The SMILES string of the molecule is Cc1ccccc1S(=O)(=O)N1CCCCC1CCN.Cl. The lowest BCUT2D eigenvalue weighted by Gasteiger charge is -2.34. The molecule has 1 fully saturated rings. The predicted octanol–water partition coefficient (Wildman–Crippen LogP) is 2.31. The smallest absolute Gasteiger partial charge is 0.243 e. The molecule has 2 rings (SSSR count). The van der Waals surface area contributed by atoms with E-state index in [9.17, 15) is 8.42 Å². The van der Waals surface area contributed by atoms with Crippen molar-refractivity contribution in [2.45, 2.75) is 43.5 Å². The van der Waals surface area contributed by atoms with Crippen molar-refractivity contribution in [1.29, 1.82) is 0 Å². The molecular formula is C14H23ClN2O2S. The van der Waals surface area contributed by atoms with Gasteiger partial charge in [0.15, 0.2) is 0 Å². The number of piperidine rings is 1. The van der Waals surface area contributed by atoms with E-state index in [1.165, 1.54) is 0 Å². The fourth-order valence-electron chi connectivity index (χ4n) is 2.74. The first kappa shape index (κ1) is 17.4. The van der Waals surface area contributed by atoms with E-state index in [1.54, 1.807) is 16.4 Å². The van der Waals surface area contributed by atoms with Crippen LogP contribution in [0.4, 0.5) is 0 Å². The maximum atomic E-state index is 12.8. The van der Waals surface area contributed by atoms with Gasteiger partial charge in [0.25, 0.3) is 0 Å². The highest BCUT2D eigenvalue weighted by Crippen LogP contribution is 2.28. The van der Waals surface area contributed by atoms with Gasteiger partial charge in [0.1, 0.15) is 0 Å². The molecule has 1 aromatic carbocycles. The number of sulfonamides is 1. The van der Waals surface area contributed by atoms with Crippen LogP contribution in [0.25, 0.3) is 0 Å². The molecule has 0 aromatic heterocycles. The van der Waals surface area contributed by atoms with Crippen LogP contribution in [0.2, 0.25) is 0 Å². The lowest BCUT2D eigenvalue weighted by atomic mass is 10.0. The Hall–Kier alpha value is -0.620. The molecule has 4 nitrogen and oxygen atoms in total. The lowest BCUT2D eigenvalue weighted by molar-refractivity contribution is 0.243. The Morgan fingerprint density at radius 2 is 2.00 bits per heavy atom. The molecule has 1 atom stereocenters. The largest absolute Gasteiger partial charge is 0.330 e. The first-order chi connectivity index (χ1) is 9.07. The van der Waals surface area contributed by atoms with Crippen molar-refractivity contribution in [2.24, 2.45) is 5.73 Å². The van der Waals surface area contributed by atoms with Gasteiger partial charge in [0, 0.05) is 12.6 Å². The molecule has 0 spiro atoms. The average Bonchev–Trinajstić information content (AvgIpc) is 2.40. The highest BCUT2D eigenvalue weighted by atomic mass is 35.5. The van der Waals surface area contributed by atoms with E-state index >= 15 is 0 Å². The number of halogens is 1. The zero-order chi connectivity index (χ0) is 13.9. The topological polar surface area (TPSA) is 63.4 Å².